The van der Waals surface area contributed by atoms with Gasteiger partial charge in [-0.15, -0.1) is 0 Å². The molecule has 0 bridgehead atoms. The van der Waals surface area contributed by atoms with E-state index in [1.54, 1.807) is 24.4 Å². The van der Waals surface area contributed by atoms with E-state index < -0.39 is 11.6 Å². The number of halogens is 2. The number of piperazine rings is 1. The molecule has 2 aliphatic rings. The largest absolute Gasteiger partial charge is 0.476 e. The molecule has 39 heavy (non-hydrogen) atoms. The fourth-order valence-electron chi connectivity index (χ4n) is 5.11. The van der Waals surface area contributed by atoms with E-state index in [0.717, 1.165) is 50.3 Å². The molecule has 1 aliphatic heterocycles. The number of benzene rings is 1. The highest BCUT2D eigenvalue weighted by molar-refractivity contribution is 6.03. The molecule has 202 valence electrons. The van der Waals surface area contributed by atoms with Crippen molar-refractivity contribution in [1.82, 2.24) is 25.2 Å². The molecule has 0 amide bonds. The van der Waals surface area contributed by atoms with Gasteiger partial charge in [-0.3, -0.25) is 4.98 Å². The first-order chi connectivity index (χ1) is 19.0. The summed E-state index contributed by atoms with van der Waals surface area (Å²) in [6.07, 6.45) is 3.92. The molecule has 3 aromatic heterocycles. The highest BCUT2D eigenvalue weighted by atomic mass is 19.1. The number of fused-ring (bicyclic) bond motifs is 1. The zero-order valence-corrected chi connectivity index (χ0v) is 22.3. The van der Waals surface area contributed by atoms with Crippen LogP contribution in [-0.2, 0) is 0 Å². The van der Waals surface area contributed by atoms with Crippen molar-refractivity contribution in [2.45, 2.75) is 18.8 Å². The zero-order chi connectivity index (χ0) is 26.9. The van der Waals surface area contributed by atoms with Gasteiger partial charge in [0.15, 0.2) is 0 Å². The molecule has 1 saturated carbocycles. The van der Waals surface area contributed by atoms with Crippen molar-refractivity contribution in [1.29, 1.82) is 0 Å². The third-order valence-corrected chi connectivity index (χ3v) is 7.27. The standard InChI is InChI=1S/C30H32F2N6O/c1-37(2)16-17-39-30-25(21-7-5-11-34-26(21)19-9-10-19)28-22(29(36-30)38-14-12-33-13-15-38)18-24(32)27(35-28)20-6-3-4-8-23(20)31/h3-8,11,18-19,33H,9-10,12-17H2,1-2H3. The predicted molar refractivity (Wildman–Crippen MR) is 149 cm³/mol. The number of nitrogens with one attached hydrogen (secondary N) is 1. The number of pyridine rings is 3. The Morgan fingerprint density at radius 3 is 2.51 bits per heavy atom. The number of aromatic nitrogens is 3. The summed E-state index contributed by atoms with van der Waals surface area (Å²) in [6.45, 7) is 4.13. The van der Waals surface area contributed by atoms with Gasteiger partial charge in [0.1, 0.15) is 29.8 Å². The summed E-state index contributed by atoms with van der Waals surface area (Å²) in [5.41, 5.74) is 3.14. The van der Waals surface area contributed by atoms with Crippen LogP contribution < -0.4 is 15.0 Å². The number of anilines is 1. The van der Waals surface area contributed by atoms with Crippen molar-refractivity contribution < 1.29 is 13.5 Å². The molecular formula is C30H32F2N6O. The molecule has 0 unspecified atom stereocenters. The van der Waals surface area contributed by atoms with Crippen molar-refractivity contribution in [3.05, 3.63) is 66.0 Å². The number of ether oxygens (including phenoxy) is 1. The first-order valence-corrected chi connectivity index (χ1v) is 13.5. The average molecular weight is 531 g/mol. The molecule has 4 aromatic rings. The van der Waals surface area contributed by atoms with Gasteiger partial charge in [-0.2, -0.15) is 4.98 Å². The van der Waals surface area contributed by atoms with Gasteiger partial charge in [0, 0.05) is 61.4 Å². The lowest BCUT2D eigenvalue weighted by Crippen LogP contribution is -2.44. The van der Waals surface area contributed by atoms with E-state index in [1.807, 2.05) is 31.1 Å². The molecule has 6 rings (SSSR count). The van der Waals surface area contributed by atoms with Crippen LogP contribution in [0.15, 0.2) is 48.7 Å². The number of nitrogens with zero attached hydrogens (tertiary/aromatic N) is 5. The zero-order valence-electron chi connectivity index (χ0n) is 22.3. The van der Waals surface area contributed by atoms with Crippen LogP contribution in [0.5, 0.6) is 5.88 Å². The van der Waals surface area contributed by atoms with Crippen molar-refractivity contribution in [2.24, 2.45) is 0 Å². The second-order valence-corrected chi connectivity index (χ2v) is 10.4. The van der Waals surface area contributed by atoms with Crippen LogP contribution in [0.25, 0.3) is 33.3 Å². The molecule has 1 aliphatic carbocycles. The molecule has 4 heterocycles. The molecule has 1 aromatic carbocycles. The van der Waals surface area contributed by atoms with E-state index in [4.69, 9.17) is 19.7 Å². The molecule has 0 radical (unpaired) electrons. The van der Waals surface area contributed by atoms with Crippen LogP contribution >= 0.6 is 0 Å². The van der Waals surface area contributed by atoms with Gasteiger partial charge in [-0.1, -0.05) is 18.2 Å². The summed E-state index contributed by atoms with van der Waals surface area (Å²) in [5, 5.41) is 3.94. The van der Waals surface area contributed by atoms with Crippen molar-refractivity contribution in [2.75, 3.05) is 58.3 Å². The Labute approximate surface area is 226 Å². The van der Waals surface area contributed by atoms with Gasteiger partial charge in [-0.25, -0.2) is 13.8 Å². The Bertz CT molecular complexity index is 1500. The number of rotatable bonds is 8. The third-order valence-electron chi connectivity index (χ3n) is 7.27. The average Bonchev–Trinajstić information content (AvgIpc) is 3.79. The van der Waals surface area contributed by atoms with E-state index >= 15 is 4.39 Å². The molecule has 1 saturated heterocycles. The van der Waals surface area contributed by atoms with Crippen molar-refractivity contribution in [3.63, 3.8) is 0 Å². The second-order valence-electron chi connectivity index (χ2n) is 10.4. The lowest BCUT2D eigenvalue weighted by Gasteiger charge is -2.30. The lowest BCUT2D eigenvalue weighted by atomic mass is 9.98. The fraction of sp³-hybridized carbons (Fsp3) is 0.367. The fourth-order valence-corrected chi connectivity index (χ4v) is 5.11. The van der Waals surface area contributed by atoms with E-state index in [9.17, 15) is 4.39 Å². The summed E-state index contributed by atoms with van der Waals surface area (Å²) in [5.74, 6) is 0.297. The second kappa shape index (κ2) is 10.8. The van der Waals surface area contributed by atoms with E-state index in [-0.39, 0.29) is 11.3 Å². The summed E-state index contributed by atoms with van der Waals surface area (Å²) >= 11 is 0. The lowest BCUT2D eigenvalue weighted by molar-refractivity contribution is 0.255. The minimum Gasteiger partial charge on any atom is -0.476 e. The minimum atomic E-state index is -0.591. The van der Waals surface area contributed by atoms with Crippen LogP contribution in [0.2, 0.25) is 0 Å². The maximum Gasteiger partial charge on any atom is 0.225 e. The SMILES string of the molecule is CN(C)CCOc1nc(N2CCNCC2)c2cc(F)c(-c3ccccc3F)nc2c1-c1cccnc1C1CC1. The van der Waals surface area contributed by atoms with Crippen LogP contribution in [0.3, 0.4) is 0 Å². The molecule has 7 nitrogen and oxygen atoms in total. The monoisotopic (exact) mass is 530 g/mol. The summed E-state index contributed by atoms with van der Waals surface area (Å²) in [4.78, 5) is 18.8. The van der Waals surface area contributed by atoms with Gasteiger partial charge in [0.05, 0.1) is 16.8 Å². The summed E-state index contributed by atoms with van der Waals surface area (Å²) < 4.78 is 37.0. The molecule has 2 fully saturated rings. The number of hydrogen-bond donors (Lipinski definition) is 1. The van der Waals surface area contributed by atoms with E-state index in [2.05, 4.69) is 10.2 Å². The van der Waals surface area contributed by atoms with Crippen LogP contribution in [-0.4, -0.2) is 73.3 Å². The Morgan fingerprint density at radius 2 is 1.77 bits per heavy atom. The Balaban J connectivity index is 1.65. The maximum absolute atomic E-state index is 15.7. The van der Waals surface area contributed by atoms with Gasteiger partial charge < -0.3 is 19.9 Å². The minimum absolute atomic E-state index is 0.0320. The smallest absolute Gasteiger partial charge is 0.225 e. The third kappa shape index (κ3) is 5.16. The first kappa shape index (κ1) is 25.6. The number of hydrogen-bond acceptors (Lipinski definition) is 7. The molecule has 0 atom stereocenters. The molecule has 1 N–H and O–H groups in total. The van der Waals surface area contributed by atoms with Crippen LogP contribution in [0.4, 0.5) is 14.6 Å². The molecular weight excluding hydrogens is 498 g/mol. The highest BCUT2D eigenvalue weighted by Crippen LogP contribution is 2.47. The van der Waals surface area contributed by atoms with E-state index in [0.29, 0.717) is 47.2 Å². The van der Waals surface area contributed by atoms with Crippen molar-refractivity contribution >= 4 is 16.7 Å². The van der Waals surface area contributed by atoms with Gasteiger partial charge in [-0.05, 0) is 51.2 Å². The Kier molecular flexibility index (Phi) is 7.10. The van der Waals surface area contributed by atoms with Crippen molar-refractivity contribution in [3.8, 4) is 28.3 Å². The topological polar surface area (TPSA) is 66.4 Å². The number of likely N-dealkylation sites (N-methyl/N-ethyl adjacent to an activating group) is 1. The van der Waals surface area contributed by atoms with Crippen LogP contribution in [0.1, 0.15) is 24.5 Å². The van der Waals surface area contributed by atoms with Gasteiger partial charge >= 0.3 is 0 Å². The Morgan fingerprint density at radius 1 is 1.00 bits per heavy atom. The highest BCUT2D eigenvalue weighted by Gasteiger charge is 2.31. The molecule has 9 heteroatoms. The summed E-state index contributed by atoms with van der Waals surface area (Å²) in [7, 11) is 3.98. The predicted octanol–water partition coefficient (Wildman–Crippen LogP) is 4.86. The summed E-state index contributed by atoms with van der Waals surface area (Å²) in [6, 6.07) is 11.5. The Hall–Kier alpha value is -3.69. The maximum atomic E-state index is 15.7. The first-order valence-electron chi connectivity index (χ1n) is 13.5. The van der Waals surface area contributed by atoms with E-state index in [1.165, 1.54) is 12.1 Å². The van der Waals surface area contributed by atoms with Crippen LogP contribution in [0, 0.1) is 11.6 Å². The van der Waals surface area contributed by atoms with Gasteiger partial charge in [0.2, 0.25) is 5.88 Å². The molecule has 0 spiro atoms. The normalized spacial score (nSPS) is 15.8. The van der Waals surface area contributed by atoms with Gasteiger partial charge in [0.25, 0.3) is 0 Å². The quantitative estimate of drug-likeness (QED) is 0.349.